The van der Waals surface area contributed by atoms with Crippen LogP contribution in [0.1, 0.15) is 5.69 Å². The first-order valence-corrected chi connectivity index (χ1v) is 8.61. The summed E-state index contributed by atoms with van der Waals surface area (Å²) in [7, 11) is 0. The van der Waals surface area contributed by atoms with Crippen LogP contribution < -0.4 is 10.6 Å². The van der Waals surface area contributed by atoms with Crippen molar-refractivity contribution >= 4 is 17.7 Å². The first-order chi connectivity index (χ1) is 13.2. The molecule has 3 aromatic rings. The van der Waals surface area contributed by atoms with Crippen LogP contribution in [0.2, 0.25) is 0 Å². The van der Waals surface area contributed by atoms with E-state index in [0.717, 1.165) is 22.9 Å². The average molecular weight is 364 g/mol. The van der Waals surface area contributed by atoms with Crippen molar-refractivity contribution in [2.45, 2.75) is 13.0 Å². The first-order valence-electron chi connectivity index (χ1n) is 8.61. The number of morpholine rings is 1. The van der Waals surface area contributed by atoms with E-state index in [2.05, 4.69) is 19.9 Å². The molecule has 4 rings (SSSR count). The van der Waals surface area contributed by atoms with Crippen LogP contribution in [0.5, 0.6) is 0 Å². The second-order valence-electron chi connectivity index (χ2n) is 6.26. The molecule has 0 amide bonds. The molecule has 0 bridgehead atoms. The van der Waals surface area contributed by atoms with Gasteiger partial charge in [-0.15, -0.1) is 0 Å². The summed E-state index contributed by atoms with van der Waals surface area (Å²) < 4.78 is 7.68. The minimum absolute atomic E-state index is 0.246. The molecule has 1 aliphatic rings. The molecule has 0 radical (unpaired) electrons. The number of aryl methyl sites for hydroxylation is 1. The molecule has 9 heteroatoms. The molecule has 0 aliphatic carbocycles. The fraction of sp³-hybridized carbons (Fsp3) is 0.278. The van der Waals surface area contributed by atoms with E-state index in [0.29, 0.717) is 31.1 Å². The normalized spacial score (nSPS) is 18.0. The standard InChI is InChI=1S/C18H20N8O/c1-12-10-26-14(8-23-17(26)9-22-12)18-21-3-2-16(24-18)25-4-5-27-15(11-25)13(6-19)7-20/h2-3,6-10,15,19H,4-5,11,20H2,1H3/b13-7+,19-6?. The molecule has 1 aliphatic heterocycles. The van der Waals surface area contributed by atoms with E-state index in [1.54, 1.807) is 18.6 Å². The topological polar surface area (TPSA) is 118 Å². The van der Waals surface area contributed by atoms with Crippen LogP contribution in [0, 0.1) is 12.3 Å². The zero-order valence-electron chi connectivity index (χ0n) is 14.9. The molecule has 27 heavy (non-hydrogen) atoms. The number of anilines is 1. The number of hydrogen-bond donors (Lipinski definition) is 2. The third-order valence-electron chi connectivity index (χ3n) is 4.52. The van der Waals surface area contributed by atoms with Gasteiger partial charge in [-0.2, -0.15) is 0 Å². The summed E-state index contributed by atoms with van der Waals surface area (Å²) in [6.45, 7) is 3.75. The van der Waals surface area contributed by atoms with Crippen molar-refractivity contribution in [3.05, 3.63) is 48.3 Å². The van der Waals surface area contributed by atoms with Crippen molar-refractivity contribution in [1.29, 1.82) is 5.41 Å². The summed E-state index contributed by atoms with van der Waals surface area (Å²) in [6, 6.07) is 1.87. The minimum Gasteiger partial charge on any atom is -0.404 e. The smallest absolute Gasteiger partial charge is 0.180 e. The van der Waals surface area contributed by atoms with Gasteiger partial charge in [-0.05, 0) is 13.0 Å². The Morgan fingerprint density at radius 2 is 2.22 bits per heavy atom. The summed E-state index contributed by atoms with van der Waals surface area (Å²) in [4.78, 5) is 19.9. The largest absolute Gasteiger partial charge is 0.404 e. The van der Waals surface area contributed by atoms with Crippen molar-refractivity contribution in [2.24, 2.45) is 5.73 Å². The highest BCUT2D eigenvalue weighted by Gasteiger charge is 2.24. The zero-order valence-corrected chi connectivity index (χ0v) is 14.9. The maximum atomic E-state index is 7.48. The lowest BCUT2D eigenvalue weighted by atomic mass is 10.1. The number of aromatic nitrogens is 5. The Morgan fingerprint density at radius 3 is 3.04 bits per heavy atom. The summed E-state index contributed by atoms with van der Waals surface area (Å²) >= 11 is 0. The van der Waals surface area contributed by atoms with E-state index in [4.69, 9.17) is 20.9 Å². The van der Waals surface area contributed by atoms with Gasteiger partial charge in [-0.1, -0.05) is 0 Å². The van der Waals surface area contributed by atoms with Gasteiger partial charge in [0.05, 0.1) is 24.7 Å². The van der Waals surface area contributed by atoms with Crippen LogP contribution in [0.3, 0.4) is 0 Å². The van der Waals surface area contributed by atoms with Crippen LogP contribution >= 0.6 is 0 Å². The van der Waals surface area contributed by atoms with E-state index >= 15 is 0 Å². The van der Waals surface area contributed by atoms with E-state index in [1.165, 1.54) is 12.4 Å². The lowest BCUT2D eigenvalue weighted by molar-refractivity contribution is 0.0676. The minimum atomic E-state index is -0.246. The molecule has 138 valence electrons. The Hall–Kier alpha value is -3.33. The number of nitrogens with one attached hydrogen (secondary N) is 1. The number of nitrogens with two attached hydrogens (primary N) is 1. The Kier molecular flexibility index (Phi) is 4.51. The summed E-state index contributed by atoms with van der Waals surface area (Å²) in [5, 5.41) is 7.48. The molecule has 1 fully saturated rings. The molecular formula is C18H20N8O. The van der Waals surface area contributed by atoms with Crippen LogP contribution in [-0.4, -0.2) is 56.4 Å². The number of ether oxygens (including phenoxy) is 1. The molecule has 0 saturated carbocycles. The number of hydrogen-bond acceptors (Lipinski definition) is 8. The molecule has 3 N–H and O–H groups in total. The van der Waals surface area contributed by atoms with Gasteiger partial charge in [0.25, 0.3) is 0 Å². The fourth-order valence-electron chi connectivity index (χ4n) is 3.11. The molecule has 1 unspecified atom stereocenters. The molecule has 1 saturated heterocycles. The SMILES string of the molecule is Cc1cn2c(-c3nccc(N4CCOC(/C(C=N)=C/N)C4)n3)cnc2cn1. The van der Waals surface area contributed by atoms with Gasteiger partial charge in [0.1, 0.15) is 17.6 Å². The van der Waals surface area contributed by atoms with Gasteiger partial charge in [0.2, 0.25) is 0 Å². The Bertz CT molecular complexity index is 1010. The molecular weight excluding hydrogens is 344 g/mol. The zero-order chi connectivity index (χ0) is 18.8. The number of nitrogens with zero attached hydrogens (tertiary/aromatic N) is 6. The second kappa shape index (κ2) is 7.12. The highest BCUT2D eigenvalue weighted by atomic mass is 16.5. The van der Waals surface area contributed by atoms with Crippen molar-refractivity contribution in [3.63, 3.8) is 0 Å². The monoisotopic (exact) mass is 364 g/mol. The van der Waals surface area contributed by atoms with E-state index in [-0.39, 0.29) is 6.10 Å². The number of imidazole rings is 1. The Balaban J connectivity index is 1.66. The van der Waals surface area contributed by atoms with Gasteiger partial charge < -0.3 is 20.8 Å². The summed E-state index contributed by atoms with van der Waals surface area (Å²) in [5.74, 6) is 1.39. The molecule has 3 aromatic heterocycles. The quantitative estimate of drug-likeness (QED) is 0.668. The Labute approximate surface area is 156 Å². The molecule has 0 spiro atoms. The predicted molar refractivity (Wildman–Crippen MR) is 102 cm³/mol. The number of rotatable bonds is 4. The van der Waals surface area contributed by atoms with Crippen LogP contribution in [0.4, 0.5) is 5.82 Å². The van der Waals surface area contributed by atoms with Crippen molar-refractivity contribution < 1.29 is 4.74 Å². The maximum absolute atomic E-state index is 7.48. The highest BCUT2D eigenvalue weighted by molar-refractivity contribution is 5.77. The lowest BCUT2D eigenvalue weighted by Crippen LogP contribution is -2.44. The predicted octanol–water partition coefficient (Wildman–Crippen LogP) is 1.19. The maximum Gasteiger partial charge on any atom is 0.180 e. The average Bonchev–Trinajstić information content (AvgIpc) is 3.12. The van der Waals surface area contributed by atoms with Gasteiger partial charge >= 0.3 is 0 Å². The van der Waals surface area contributed by atoms with Crippen LogP contribution in [-0.2, 0) is 4.74 Å². The molecule has 9 nitrogen and oxygen atoms in total. The first kappa shape index (κ1) is 17.1. The number of fused-ring (bicyclic) bond motifs is 1. The molecule has 4 heterocycles. The highest BCUT2D eigenvalue weighted by Crippen LogP contribution is 2.22. The van der Waals surface area contributed by atoms with E-state index in [9.17, 15) is 0 Å². The van der Waals surface area contributed by atoms with Crippen LogP contribution in [0.25, 0.3) is 17.2 Å². The molecule has 0 aromatic carbocycles. The molecule has 1 atom stereocenters. The fourth-order valence-corrected chi connectivity index (χ4v) is 3.11. The third-order valence-corrected chi connectivity index (χ3v) is 4.52. The Morgan fingerprint density at radius 1 is 1.33 bits per heavy atom. The van der Waals surface area contributed by atoms with Gasteiger partial charge in [0, 0.05) is 43.5 Å². The van der Waals surface area contributed by atoms with Crippen molar-refractivity contribution in [2.75, 3.05) is 24.6 Å². The van der Waals surface area contributed by atoms with Crippen molar-refractivity contribution in [1.82, 2.24) is 24.3 Å². The summed E-state index contributed by atoms with van der Waals surface area (Å²) in [5.41, 5.74) is 8.70. The third kappa shape index (κ3) is 3.24. The van der Waals surface area contributed by atoms with E-state index < -0.39 is 0 Å². The van der Waals surface area contributed by atoms with Gasteiger partial charge in [-0.3, -0.25) is 9.38 Å². The second-order valence-corrected chi connectivity index (χ2v) is 6.26. The van der Waals surface area contributed by atoms with Gasteiger partial charge in [-0.25, -0.2) is 15.0 Å². The van der Waals surface area contributed by atoms with Gasteiger partial charge in [0.15, 0.2) is 11.5 Å². The van der Waals surface area contributed by atoms with Crippen LogP contribution in [0.15, 0.2) is 42.6 Å². The van der Waals surface area contributed by atoms with Crippen molar-refractivity contribution in [3.8, 4) is 11.5 Å². The summed E-state index contributed by atoms with van der Waals surface area (Å²) in [6.07, 6.45) is 9.54. The lowest BCUT2D eigenvalue weighted by Gasteiger charge is -2.34. The van der Waals surface area contributed by atoms with E-state index in [1.807, 2.05) is 23.6 Å².